The minimum atomic E-state index is -3.69. The number of carbonyl (C=O) groups is 1. The highest BCUT2D eigenvalue weighted by Crippen LogP contribution is 2.31. The number of benzene rings is 1. The quantitative estimate of drug-likeness (QED) is 0.370. The minimum absolute atomic E-state index is 0.0406. The average molecular weight is 551 g/mol. The van der Waals surface area contributed by atoms with Gasteiger partial charge < -0.3 is 19.3 Å². The van der Waals surface area contributed by atoms with Crippen LogP contribution < -0.4 is 4.74 Å². The van der Waals surface area contributed by atoms with Crippen molar-refractivity contribution in [2.45, 2.75) is 62.9 Å². The first-order valence-corrected chi connectivity index (χ1v) is 15.5. The fourth-order valence-corrected chi connectivity index (χ4v) is 7.48. The number of hydrogen-bond donors (Lipinski definition) is 0. The van der Waals surface area contributed by atoms with E-state index in [1.807, 2.05) is 11.9 Å². The first-order valence-electron chi connectivity index (χ1n) is 14.0. The Labute approximate surface area is 229 Å². The summed E-state index contributed by atoms with van der Waals surface area (Å²) in [6, 6.07) is 4.28. The molecule has 0 radical (unpaired) electrons. The second-order valence-corrected chi connectivity index (χ2v) is 13.4. The molecule has 3 aliphatic rings. The molecule has 0 bridgehead atoms. The van der Waals surface area contributed by atoms with Gasteiger partial charge in [-0.3, -0.25) is 9.69 Å². The second kappa shape index (κ2) is 12.6. The van der Waals surface area contributed by atoms with Crippen LogP contribution in [-0.4, -0.2) is 119 Å². The van der Waals surface area contributed by atoms with E-state index in [9.17, 15) is 13.2 Å². The molecule has 2 saturated heterocycles. The summed E-state index contributed by atoms with van der Waals surface area (Å²) in [7, 11) is 1.28. The number of aryl methyl sites for hydroxylation is 2. The molecule has 10 heteroatoms. The zero-order valence-electron chi connectivity index (χ0n) is 23.8. The highest BCUT2D eigenvalue weighted by atomic mass is 32.2. The van der Waals surface area contributed by atoms with Crippen LogP contribution in [0.2, 0.25) is 0 Å². The number of piperidine rings is 1. The van der Waals surface area contributed by atoms with Gasteiger partial charge in [0.05, 0.1) is 18.6 Å². The third kappa shape index (κ3) is 7.07. The lowest BCUT2D eigenvalue weighted by Crippen LogP contribution is -2.46. The molecule has 2 aliphatic heterocycles. The number of carbonyl (C=O) groups excluding carboxylic acids is 1. The number of nitrogens with zero attached hydrogens (tertiary/aromatic N) is 4. The van der Waals surface area contributed by atoms with E-state index in [2.05, 4.69) is 9.80 Å². The van der Waals surface area contributed by atoms with Crippen molar-refractivity contribution in [2.75, 3.05) is 73.7 Å². The Balaban J connectivity index is 1.18. The number of sulfonamides is 1. The molecule has 1 aromatic rings. The largest absolute Gasteiger partial charge is 0.497 e. The van der Waals surface area contributed by atoms with Gasteiger partial charge in [-0.2, -0.15) is 4.31 Å². The molecule has 3 fully saturated rings. The van der Waals surface area contributed by atoms with E-state index in [-0.39, 0.29) is 36.6 Å². The third-order valence-corrected chi connectivity index (χ3v) is 10.7. The van der Waals surface area contributed by atoms with Crippen molar-refractivity contribution in [1.82, 2.24) is 19.0 Å². The van der Waals surface area contributed by atoms with Crippen molar-refractivity contribution >= 4 is 15.9 Å². The topological polar surface area (TPSA) is 82.6 Å². The first-order chi connectivity index (χ1) is 18.1. The molecule has 1 aliphatic carbocycles. The van der Waals surface area contributed by atoms with Gasteiger partial charge >= 0.3 is 0 Å². The van der Waals surface area contributed by atoms with Crippen LogP contribution in [-0.2, 0) is 19.6 Å². The van der Waals surface area contributed by atoms with Crippen molar-refractivity contribution < 1.29 is 22.7 Å². The molecular formula is C28H46N4O5S. The van der Waals surface area contributed by atoms with Crippen LogP contribution in [0.3, 0.4) is 0 Å². The van der Waals surface area contributed by atoms with Crippen molar-refractivity contribution in [3.63, 3.8) is 0 Å². The number of hydrogen-bond acceptors (Lipinski definition) is 7. The Morgan fingerprint density at radius 2 is 1.68 bits per heavy atom. The molecule has 9 nitrogen and oxygen atoms in total. The van der Waals surface area contributed by atoms with Crippen LogP contribution in [0.4, 0.5) is 0 Å². The van der Waals surface area contributed by atoms with Crippen molar-refractivity contribution in [3.8, 4) is 5.75 Å². The van der Waals surface area contributed by atoms with Gasteiger partial charge in [-0.15, -0.1) is 0 Å². The van der Waals surface area contributed by atoms with Crippen molar-refractivity contribution in [3.05, 3.63) is 23.3 Å². The number of amides is 1. The summed E-state index contributed by atoms with van der Waals surface area (Å²) in [5.41, 5.74) is 1.28. The van der Waals surface area contributed by atoms with Gasteiger partial charge in [0.1, 0.15) is 12.4 Å². The van der Waals surface area contributed by atoms with Gasteiger partial charge in [-0.1, -0.05) is 0 Å². The van der Waals surface area contributed by atoms with Gasteiger partial charge in [0.15, 0.2) is 0 Å². The first kappa shape index (κ1) is 29.3. The zero-order valence-corrected chi connectivity index (χ0v) is 24.6. The van der Waals surface area contributed by atoms with Gasteiger partial charge in [0.25, 0.3) is 0 Å². The number of likely N-dealkylation sites (N-methyl/N-ethyl adjacent to an activating group) is 2. The molecular weight excluding hydrogens is 504 g/mol. The van der Waals surface area contributed by atoms with Crippen LogP contribution in [0.25, 0.3) is 0 Å². The zero-order chi connectivity index (χ0) is 27.4. The SMILES string of the molecule is COc1cc(C)c(S(=O)(=O)N(C)CCOCC(=O)N(C)[C@@H]2CCN(C3CCN(CC4CC4)CC3)C2)c(C)c1. The molecule has 0 N–H and O–H groups in total. The van der Waals surface area contributed by atoms with Crippen LogP contribution in [0.15, 0.2) is 17.0 Å². The molecule has 38 heavy (non-hydrogen) atoms. The fraction of sp³-hybridized carbons (Fsp3) is 0.750. The maximum atomic E-state index is 13.2. The highest BCUT2D eigenvalue weighted by Gasteiger charge is 2.34. The highest BCUT2D eigenvalue weighted by molar-refractivity contribution is 7.89. The molecule has 214 valence electrons. The average Bonchev–Trinajstić information content (AvgIpc) is 3.56. The Kier molecular flexibility index (Phi) is 9.73. The normalized spacial score (nSPS) is 21.8. The van der Waals surface area contributed by atoms with E-state index in [1.54, 1.807) is 40.1 Å². The Hall–Kier alpha value is -1.72. The summed E-state index contributed by atoms with van der Waals surface area (Å²) in [5.74, 6) is 1.53. The summed E-state index contributed by atoms with van der Waals surface area (Å²) >= 11 is 0. The summed E-state index contributed by atoms with van der Waals surface area (Å²) in [4.78, 5) is 20.1. The van der Waals surface area contributed by atoms with Crippen molar-refractivity contribution in [1.29, 1.82) is 0 Å². The van der Waals surface area contributed by atoms with Crippen LogP contribution in [0, 0.1) is 19.8 Å². The predicted octanol–water partition coefficient (Wildman–Crippen LogP) is 2.36. The maximum Gasteiger partial charge on any atom is 0.248 e. The standard InChI is InChI=1S/C28H46N4O5S/c1-21-16-26(36-5)17-22(2)28(21)38(34,35)29(3)14-15-37-20-27(33)30(4)25-10-13-32(19-25)24-8-11-31(12-9-24)18-23-6-7-23/h16-17,23-25H,6-15,18-20H2,1-5H3/t25-/m1/s1. The molecule has 1 atom stereocenters. The summed E-state index contributed by atoms with van der Waals surface area (Å²) in [6.45, 7) is 9.48. The minimum Gasteiger partial charge on any atom is -0.497 e. The Morgan fingerprint density at radius 1 is 1.03 bits per heavy atom. The summed E-state index contributed by atoms with van der Waals surface area (Å²) in [6.07, 6.45) is 6.28. The monoisotopic (exact) mass is 550 g/mol. The summed E-state index contributed by atoms with van der Waals surface area (Å²) in [5, 5.41) is 0. The van der Waals surface area contributed by atoms with Gasteiger partial charge in [0.2, 0.25) is 15.9 Å². The van der Waals surface area contributed by atoms with Crippen LogP contribution in [0.1, 0.15) is 43.2 Å². The molecule has 0 aromatic heterocycles. The van der Waals surface area contributed by atoms with E-state index in [0.717, 1.165) is 25.4 Å². The van der Waals surface area contributed by atoms with Crippen LogP contribution in [0.5, 0.6) is 5.75 Å². The Morgan fingerprint density at radius 3 is 2.29 bits per heavy atom. The number of methoxy groups -OCH3 is 1. The lowest BCUT2D eigenvalue weighted by Gasteiger charge is -2.37. The fourth-order valence-electron chi connectivity index (χ4n) is 5.92. The van der Waals surface area contributed by atoms with E-state index in [0.29, 0.717) is 22.9 Å². The molecule has 0 unspecified atom stereocenters. The lowest BCUT2D eigenvalue weighted by molar-refractivity contribution is -0.136. The van der Waals surface area contributed by atoms with Gasteiger partial charge in [-0.05, 0) is 88.2 Å². The van der Waals surface area contributed by atoms with Crippen LogP contribution >= 0.6 is 0 Å². The summed E-state index contributed by atoms with van der Waals surface area (Å²) < 4.78 is 38.5. The third-order valence-electron chi connectivity index (χ3n) is 8.54. The van der Waals surface area contributed by atoms with E-state index >= 15 is 0 Å². The van der Waals surface area contributed by atoms with Crippen molar-refractivity contribution in [2.24, 2.45) is 5.92 Å². The molecule has 4 rings (SSSR count). The predicted molar refractivity (Wildman–Crippen MR) is 148 cm³/mol. The second-order valence-electron chi connectivity index (χ2n) is 11.4. The Bertz CT molecular complexity index is 1050. The number of ether oxygens (including phenoxy) is 2. The van der Waals surface area contributed by atoms with Gasteiger partial charge in [-0.25, -0.2) is 8.42 Å². The molecule has 1 amide bonds. The number of rotatable bonds is 12. The number of likely N-dealkylation sites (tertiary alicyclic amines) is 2. The molecule has 1 saturated carbocycles. The van der Waals surface area contributed by atoms with Gasteiger partial charge in [0, 0.05) is 52.4 Å². The molecule has 2 heterocycles. The lowest BCUT2D eigenvalue weighted by atomic mass is 10.0. The molecule has 1 aromatic carbocycles. The van der Waals surface area contributed by atoms with E-state index < -0.39 is 10.0 Å². The molecule has 0 spiro atoms. The van der Waals surface area contributed by atoms with E-state index in [4.69, 9.17) is 9.47 Å². The smallest absolute Gasteiger partial charge is 0.248 e. The maximum absolute atomic E-state index is 13.2. The van der Waals surface area contributed by atoms with E-state index in [1.165, 1.54) is 49.6 Å².